The minimum absolute atomic E-state index is 1.01. The van der Waals surface area contributed by atoms with Gasteiger partial charge in [-0.1, -0.05) is 156 Å². The minimum Gasteiger partial charge on any atom is -0.390 e. The Kier molecular flexibility index (Phi) is 27.4. The second kappa shape index (κ2) is 27.2. The predicted molar refractivity (Wildman–Crippen MR) is 166 cm³/mol. The van der Waals surface area contributed by atoms with Gasteiger partial charge in [0.15, 0.2) is 0 Å². The van der Waals surface area contributed by atoms with E-state index in [1.165, 1.54) is 195 Å². The van der Waals surface area contributed by atoms with Gasteiger partial charge >= 0.3 is 0 Å². The predicted octanol–water partition coefficient (Wildman–Crippen LogP) is 10.5. The van der Waals surface area contributed by atoms with E-state index in [0.29, 0.717) is 0 Å². The van der Waals surface area contributed by atoms with Crippen molar-refractivity contribution in [3.8, 4) is 0 Å². The second-order valence-electron chi connectivity index (χ2n) is 12.4. The van der Waals surface area contributed by atoms with Crippen LogP contribution in [0.15, 0.2) is 0 Å². The van der Waals surface area contributed by atoms with Crippen molar-refractivity contribution in [2.75, 3.05) is 19.6 Å². The van der Waals surface area contributed by atoms with Crippen LogP contribution < -0.4 is 0 Å². The van der Waals surface area contributed by atoms with Crippen molar-refractivity contribution in [1.29, 1.82) is 0 Å². The Morgan fingerprint density at radius 2 is 0.686 bits per heavy atom. The second-order valence-corrected chi connectivity index (χ2v) is 14.3. The van der Waals surface area contributed by atoms with E-state index < -0.39 is 0 Å². The molecular weight excluding hydrogens is 438 g/mol. The van der Waals surface area contributed by atoms with E-state index in [1.54, 1.807) is 0 Å². The smallest absolute Gasteiger partial charge is 0.239 e. The van der Waals surface area contributed by atoms with Gasteiger partial charge in [0, 0.05) is 0 Å². The van der Waals surface area contributed by atoms with Crippen LogP contribution in [0.1, 0.15) is 188 Å². The molecule has 1 unspecified atom stereocenters. The normalized spacial score (nSPS) is 13.0. The van der Waals surface area contributed by atoms with Gasteiger partial charge in [-0.15, -0.1) is 0 Å². The molecule has 0 fully saturated rings. The molecule has 1 nitrogen and oxygen atoms in total. The van der Waals surface area contributed by atoms with Crippen molar-refractivity contribution in [3.63, 3.8) is 0 Å². The maximum Gasteiger partial charge on any atom is 0.239 e. The van der Waals surface area contributed by atoms with Crippen molar-refractivity contribution in [3.05, 3.63) is 0 Å². The molecule has 0 rings (SSSR count). The molecule has 0 N–H and O–H groups in total. The maximum absolute atomic E-state index is 2.35. The standard InChI is InChI=1S/C33H72NSi/c1-5-9-13-17-18-19-20-21-22-24-28-33(27-23-14-10-6-2)29-32-34(35,30-25-15-11-7-3)31-26-16-12-8-4/h33H,5-32H2,1-4,35H3/q+1. The minimum atomic E-state index is 1.01. The Hall–Kier alpha value is 0.177. The summed E-state index contributed by atoms with van der Waals surface area (Å²) < 4.78 is 1.50. The summed E-state index contributed by atoms with van der Waals surface area (Å²) in [7, 11) is 1.36. The van der Waals surface area contributed by atoms with Crippen LogP contribution in [0.5, 0.6) is 0 Å². The first-order chi connectivity index (χ1) is 17.1. The monoisotopic (exact) mass is 511 g/mol. The highest BCUT2D eigenvalue weighted by atomic mass is 28.2. The van der Waals surface area contributed by atoms with Crippen molar-refractivity contribution >= 4 is 10.4 Å². The number of nitrogens with zero attached hydrogens (tertiary/aromatic N) is 1. The van der Waals surface area contributed by atoms with Crippen LogP contribution in [0.4, 0.5) is 0 Å². The molecule has 0 aliphatic heterocycles. The molecule has 0 amide bonds. The zero-order valence-electron chi connectivity index (χ0n) is 25.8. The van der Waals surface area contributed by atoms with Crippen molar-refractivity contribution in [2.45, 2.75) is 188 Å². The van der Waals surface area contributed by atoms with Crippen LogP contribution in [-0.2, 0) is 0 Å². The van der Waals surface area contributed by atoms with Crippen LogP contribution in [-0.4, -0.2) is 34.2 Å². The van der Waals surface area contributed by atoms with Gasteiger partial charge in [-0.05, 0) is 38.0 Å². The molecule has 0 bridgehead atoms. The summed E-state index contributed by atoms with van der Waals surface area (Å²) in [6.45, 7) is 13.8. The van der Waals surface area contributed by atoms with E-state index in [9.17, 15) is 0 Å². The molecule has 0 saturated heterocycles. The fourth-order valence-electron chi connectivity index (χ4n) is 5.88. The highest BCUT2D eigenvalue weighted by Gasteiger charge is 2.21. The number of rotatable bonds is 29. The van der Waals surface area contributed by atoms with Crippen molar-refractivity contribution < 1.29 is 4.15 Å². The van der Waals surface area contributed by atoms with Gasteiger partial charge in [-0.2, -0.15) is 0 Å². The number of unbranched alkanes of at least 4 members (excludes halogenated alkanes) is 18. The maximum atomic E-state index is 2.35. The molecule has 0 heterocycles. The average molecular weight is 511 g/mol. The first kappa shape index (κ1) is 35.2. The lowest BCUT2D eigenvalue weighted by Gasteiger charge is -2.38. The van der Waals surface area contributed by atoms with Crippen molar-refractivity contribution in [1.82, 2.24) is 0 Å². The van der Waals surface area contributed by atoms with Gasteiger partial charge < -0.3 is 4.15 Å². The third kappa shape index (κ3) is 24.3. The third-order valence-corrected chi connectivity index (χ3v) is 9.95. The molecule has 1 atom stereocenters. The lowest BCUT2D eigenvalue weighted by molar-refractivity contribution is -0.818. The zero-order chi connectivity index (χ0) is 25.9. The Bertz CT molecular complexity index is 385. The van der Waals surface area contributed by atoms with Crippen LogP contribution >= 0.6 is 0 Å². The molecule has 2 heteroatoms. The van der Waals surface area contributed by atoms with Gasteiger partial charge in [-0.3, -0.25) is 0 Å². The quantitative estimate of drug-likeness (QED) is 0.0693. The number of quaternary nitrogens is 1. The first-order valence-corrected chi connectivity index (χ1v) is 17.8. The topological polar surface area (TPSA) is 0 Å². The molecule has 0 radical (unpaired) electrons. The summed E-state index contributed by atoms with van der Waals surface area (Å²) in [6, 6.07) is 0. The first-order valence-electron chi connectivity index (χ1n) is 16.9. The Balaban J connectivity index is 4.46. The lowest BCUT2D eigenvalue weighted by Crippen LogP contribution is -2.48. The summed E-state index contributed by atoms with van der Waals surface area (Å²) in [6.07, 6.45) is 36.6. The van der Waals surface area contributed by atoms with E-state index in [1.807, 2.05) is 0 Å². The van der Waals surface area contributed by atoms with Gasteiger partial charge in [-0.25, -0.2) is 0 Å². The number of hydrogen-bond donors (Lipinski definition) is 0. The van der Waals surface area contributed by atoms with E-state index >= 15 is 0 Å². The van der Waals surface area contributed by atoms with Crippen LogP contribution in [0, 0.1) is 5.92 Å². The van der Waals surface area contributed by atoms with Crippen LogP contribution in [0.25, 0.3) is 0 Å². The summed E-state index contributed by atoms with van der Waals surface area (Å²) in [5.74, 6) is 1.01. The van der Waals surface area contributed by atoms with Gasteiger partial charge in [0.2, 0.25) is 10.4 Å². The molecule has 0 aromatic carbocycles. The molecule has 0 aromatic heterocycles. The molecule has 0 spiro atoms. The molecule has 0 saturated carbocycles. The molecule has 0 aliphatic rings. The van der Waals surface area contributed by atoms with E-state index in [-0.39, 0.29) is 0 Å². The summed E-state index contributed by atoms with van der Waals surface area (Å²) in [5.41, 5.74) is 0. The van der Waals surface area contributed by atoms with E-state index in [2.05, 4.69) is 27.7 Å². The molecule has 0 aromatic rings. The van der Waals surface area contributed by atoms with Crippen LogP contribution in [0.3, 0.4) is 0 Å². The fourth-order valence-corrected chi connectivity index (χ4v) is 6.77. The summed E-state index contributed by atoms with van der Waals surface area (Å²) >= 11 is 0. The average Bonchev–Trinajstić information content (AvgIpc) is 2.86. The number of hydrogen-bond acceptors (Lipinski definition) is 0. The van der Waals surface area contributed by atoms with E-state index in [0.717, 1.165) is 5.92 Å². The zero-order valence-corrected chi connectivity index (χ0v) is 27.8. The highest BCUT2D eigenvalue weighted by Crippen LogP contribution is 2.24. The molecule has 0 aliphatic carbocycles. The largest absolute Gasteiger partial charge is 0.390 e. The summed E-state index contributed by atoms with van der Waals surface area (Å²) in [5, 5.41) is 0. The Morgan fingerprint density at radius 3 is 1.09 bits per heavy atom. The third-order valence-electron chi connectivity index (χ3n) is 8.61. The van der Waals surface area contributed by atoms with E-state index in [4.69, 9.17) is 0 Å². The fraction of sp³-hybridized carbons (Fsp3) is 1.00. The Labute approximate surface area is 228 Å². The molecule has 212 valence electrons. The summed E-state index contributed by atoms with van der Waals surface area (Å²) in [4.78, 5) is 0. The molecular formula is C33H72NSi+. The Morgan fingerprint density at radius 1 is 0.371 bits per heavy atom. The van der Waals surface area contributed by atoms with Crippen LogP contribution in [0.2, 0.25) is 0 Å². The SMILES string of the molecule is CCCCCCCCCCCCC(CCCCCC)CC[N+]([SiH3])(CCCCCC)CCCCCC. The van der Waals surface area contributed by atoms with Gasteiger partial charge in [0.05, 0.1) is 19.6 Å². The van der Waals surface area contributed by atoms with Crippen molar-refractivity contribution in [2.24, 2.45) is 5.92 Å². The van der Waals surface area contributed by atoms with Gasteiger partial charge in [0.25, 0.3) is 0 Å². The van der Waals surface area contributed by atoms with Gasteiger partial charge in [0.1, 0.15) is 0 Å². The molecule has 35 heavy (non-hydrogen) atoms. The lowest BCUT2D eigenvalue weighted by atomic mass is 9.91. The highest BCUT2D eigenvalue weighted by molar-refractivity contribution is 5.97.